The molecular weight excluding hydrogens is 312 g/mol. The largest absolute Gasteiger partial charge is 0.353 e. The number of aromatic nitrogens is 1. The van der Waals surface area contributed by atoms with Crippen molar-refractivity contribution in [2.75, 3.05) is 13.1 Å². The molecule has 1 amide bonds. The second-order valence-corrected chi connectivity index (χ2v) is 8.15. The molecule has 0 saturated carbocycles. The highest BCUT2D eigenvalue weighted by Crippen LogP contribution is 2.32. The number of pyridine rings is 1. The standard InChI is InChI=1S/C20H30N4O/c25-20(13-16-11-18-1-2-19(12-16)22-18)23-17-5-9-24(10-6-17)14-15-3-7-21-8-4-15/h3-4,7-8,16-19,22H,1-2,5-6,9-14H2,(H,23,25). The van der Waals surface area contributed by atoms with Crippen LogP contribution in [-0.4, -0.2) is 47.0 Å². The number of amides is 1. The number of carbonyl (C=O) groups excluding carboxylic acids is 1. The van der Waals surface area contributed by atoms with Gasteiger partial charge in [-0.2, -0.15) is 0 Å². The molecule has 2 bridgehead atoms. The van der Waals surface area contributed by atoms with Crippen LogP contribution >= 0.6 is 0 Å². The van der Waals surface area contributed by atoms with Gasteiger partial charge < -0.3 is 10.6 Å². The Morgan fingerprint density at radius 2 is 1.80 bits per heavy atom. The van der Waals surface area contributed by atoms with E-state index in [2.05, 4.69) is 32.7 Å². The Morgan fingerprint density at radius 3 is 2.48 bits per heavy atom. The molecule has 5 nitrogen and oxygen atoms in total. The molecule has 3 saturated heterocycles. The minimum atomic E-state index is 0.277. The fourth-order valence-corrected chi connectivity index (χ4v) is 4.87. The monoisotopic (exact) mass is 342 g/mol. The van der Waals surface area contributed by atoms with Crippen LogP contribution in [0, 0.1) is 5.92 Å². The van der Waals surface area contributed by atoms with Crippen LogP contribution in [0.4, 0.5) is 0 Å². The van der Waals surface area contributed by atoms with Crippen LogP contribution < -0.4 is 10.6 Å². The lowest BCUT2D eigenvalue weighted by molar-refractivity contribution is -0.123. The molecule has 0 aliphatic carbocycles. The van der Waals surface area contributed by atoms with Gasteiger partial charge in [0.15, 0.2) is 0 Å². The van der Waals surface area contributed by atoms with E-state index in [9.17, 15) is 4.79 Å². The first-order chi connectivity index (χ1) is 12.2. The van der Waals surface area contributed by atoms with Gasteiger partial charge in [0.2, 0.25) is 5.91 Å². The first kappa shape index (κ1) is 17.0. The van der Waals surface area contributed by atoms with Crippen LogP contribution in [0.25, 0.3) is 0 Å². The third-order valence-corrected chi connectivity index (χ3v) is 6.15. The van der Waals surface area contributed by atoms with E-state index in [-0.39, 0.29) is 5.91 Å². The van der Waals surface area contributed by atoms with E-state index < -0.39 is 0 Å². The number of likely N-dealkylation sites (tertiary alicyclic amines) is 1. The van der Waals surface area contributed by atoms with E-state index in [4.69, 9.17) is 0 Å². The Morgan fingerprint density at radius 1 is 1.12 bits per heavy atom. The molecule has 25 heavy (non-hydrogen) atoms. The van der Waals surface area contributed by atoms with Gasteiger partial charge in [0.05, 0.1) is 0 Å². The molecule has 4 rings (SSSR count). The van der Waals surface area contributed by atoms with E-state index in [1.807, 2.05) is 12.4 Å². The summed E-state index contributed by atoms with van der Waals surface area (Å²) in [6.45, 7) is 3.11. The maximum atomic E-state index is 12.4. The van der Waals surface area contributed by atoms with Crippen LogP contribution in [0.1, 0.15) is 50.5 Å². The molecule has 136 valence electrons. The number of rotatable bonds is 5. The molecule has 0 spiro atoms. The quantitative estimate of drug-likeness (QED) is 0.860. The molecule has 3 fully saturated rings. The van der Waals surface area contributed by atoms with Gasteiger partial charge in [-0.05, 0) is 62.1 Å². The molecule has 3 aliphatic rings. The summed E-state index contributed by atoms with van der Waals surface area (Å²) in [4.78, 5) is 19.0. The third kappa shape index (κ3) is 4.59. The predicted molar refractivity (Wildman–Crippen MR) is 98.0 cm³/mol. The predicted octanol–water partition coefficient (Wildman–Crippen LogP) is 2.08. The van der Waals surface area contributed by atoms with Gasteiger partial charge in [-0.3, -0.25) is 14.7 Å². The van der Waals surface area contributed by atoms with Gasteiger partial charge in [-0.15, -0.1) is 0 Å². The normalized spacial score (nSPS) is 30.3. The van der Waals surface area contributed by atoms with Gasteiger partial charge in [0.1, 0.15) is 0 Å². The summed E-state index contributed by atoms with van der Waals surface area (Å²) in [7, 11) is 0. The van der Waals surface area contributed by atoms with Crippen LogP contribution in [-0.2, 0) is 11.3 Å². The van der Waals surface area contributed by atoms with Crippen molar-refractivity contribution in [1.29, 1.82) is 0 Å². The second kappa shape index (κ2) is 7.83. The number of hydrogen-bond acceptors (Lipinski definition) is 4. The topological polar surface area (TPSA) is 57.3 Å². The van der Waals surface area contributed by atoms with E-state index in [0.29, 0.717) is 24.0 Å². The van der Waals surface area contributed by atoms with Gasteiger partial charge in [0, 0.05) is 56.6 Å². The van der Waals surface area contributed by atoms with Gasteiger partial charge >= 0.3 is 0 Å². The number of nitrogens with one attached hydrogen (secondary N) is 2. The lowest BCUT2D eigenvalue weighted by Gasteiger charge is -2.33. The zero-order valence-electron chi connectivity index (χ0n) is 15.0. The summed E-state index contributed by atoms with van der Waals surface area (Å²) >= 11 is 0. The summed E-state index contributed by atoms with van der Waals surface area (Å²) in [6, 6.07) is 5.88. The fraction of sp³-hybridized carbons (Fsp3) is 0.700. The molecular formula is C20H30N4O. The third-order valence-electron chi connectivity index (χ3n) is 6.15. The van der Waals surface area contributed by atoms with Crippen molar-refractivity contribution < 1.29 is 4.79 Å². The zero-order chi connectivity index (χ0) is 17.1. The molecule has 1 aromatic heterocycles. The lowest BCUT2D eigenvalue weighted by Crippen LogP contribution is -2.45. The van der Waals surface area contributed by atoms with Crippen molar-refractivity contribution in [2.45, 2.75) is 69.6 Å². The van der Waals surface area contributed by atoms with Crippen LogP contribution in [0.2, 0.25) is 0 Å². The van der Waals surface area contributed by atoms with Gasteiger partial charge in [-0.1, -0.05) is 0 Å². The molecule has 4 heterocycles. The average molecular weight is 342 g/mol. The Balaban J connectivity index is 1.17. The summed E-state index contributed by atoms with van der Waals surface area (Å²) < 4.78 is 0. The van der Waals surface area contributed by atoms with Crippen molar-refractivity contribution in [3.63, 3.8) is 0 Å². The molecule has 3 aliphatic heterocycles. The Hall–Kier alpha value is -1.46. The first-order valence-electron chi connectivity index (χ1n) is 9.91. The molecule has 2 unspecified atom stereocenters. The molecule has 1 aromatic rings. The first-order valence-corrected chi connectivity index (χ1v) is 9.91. The summed E-state index contributed by atoms with van der Waals surface area (Å²) in [5.41, 5.74) is 1.32. The van der Waals surface area contributed by atoms with E-state index in [1.165, 1.54) is 31.2 Å². The maximum Gasteiger partial charge on any atom is 0.220 e. The Bertz CT molecular complexity index is 558. The van der Waals surface area contributed by atoms with Crippen LogP contribution in [0.5, 0.6) is 0 Å². The van der Waals surface area contributed by atoms with Crippen LogP contribution in [0.15, 0.2) is 24.5 Å². The highest BCUT2D eigenvalue weighted by molar-refractivity contribution is 5.76. The maximum absolute atomic E-state index is 12.4. The molecule has 0 aromatic carbocycles. The highest BCUT2D eigenvalue weighted by Gasteiger charge is 2.34. The van der Waals surface area contributed by atoms with Crippen LogP contribution in [0.3, 0.4) is 0 Å². The number of fused-ring (bicyclic) bond motifs is 2. The smallest absolute Gasteiger partial charge is 0.220 e. The summed E-state index contributed by atoms with van der Waals surface area (Å²) in [5, 5.41) is 6.96. The van der Waals surface area contributed by atoms with E-state index in [1.54, 1.807) is 0 Å². The molecule has 2 atom stereocenters. The minimum absolute atomic E-state index is 0.277. The Labute approximate surface area is 150 Å². The van der Waals surface area contributed by atoms with Crippen molar-refractivity contribution >= 4 is 5.91 Å². The molecule has 2 N–H and O–H groups in total. The number of nitrogens with zero attached hydrogens (tertiary/aromatic N) is 2. The zero-order valence-corrected chi connectivity index (χ0v) is 15.0. The molecule has 5 heteroatoms. The molecule has 0 radical (unpaired) electrons. The van der Waals surface area contributed by atoms with E-state index >= 15 is 0 Å². The van der Waals surface area contributed by atoms with Gasteiger partial charge in [-0.25, -0.2) is 0 Å². The second-order valence-electron chi connectivity index (χ2n) is 8.15. The van der Waals surface area contributed by atoms with Crippen molar-refractivity contribution in [1.82, 2.24) is 20.5 Å². The summed E-state index contributed by atoms with van der Waals surface area (Å²) in [6.07, 6.45) is 11.6. The average Bonchev–Trinajstić information content (AvgIpc) is 2.96. The highest BCUT2D eigenvalue weighted by atomic mass is 16.1. The number of carbonyl (C=O) groups is 1. The van der Waals surface area contributed by atoms with Crippen molar-refractivity contribution in [3.8, 4) is 0 Å². The van der Waals surface area contributed by atoms with E-state index in [0.717, 1.165) is 38.9 Å². The summed E-state index contributed by atoms with van der Waals surface area (Å²) in [5.74, 6) is 0.865. The number of piperidine rings is 2. The minimum Gasteiger partial charge on any atom is -0.353 e. The lowest BCUT2D eigenvalue weighted by atomic mass is 9.89. The number of hydrogen-bond donors (Lipinski definition) is 2. The SMILES string of the molecule is O=C(CC1CC2CCC(C1)N2)NC1CCN(Cc2ccncc2)CC1. The fourth-order valence-electron chi connectivity index (χ4n) is 4.87. The Kier molecular flexibility index (Phi) is 5.32. The van der Waals surface area contributed by atoms with Crippen molar-refractivity contribution in [3.05, 3.63) is 30.1 Å². The van der Waals surface area contributed by atoms with Crippen molar-refractivity contribution in [2.24, 2.45) is 5.92 Å². The van der Waals surface area contributed by atoms with Gasteiger partial charge in [0.25, 0.3) is 0 Å².